The molecule has 1 N–H and O–H groups in total. The third-order valence-electron chi connectivity index (χ3n) is 1.40. The van der Waals surface area contributed by atoms with Gasteiger partial charge in [0.25, 0.3) is 0 Å². The minimum Gasteiger partial charge on any atom is -0.384 e. The summed E-state index contributed by atoms with van der Waals surface area (Å²) in [5.41, 5.74) is 0.648. The summed E-state index contributed by atoms with van der Waals surface area (Å²) in [4.78, 5) is 0. The van der Waals surface area contributed by atoms with E-state index >= 15 is 0 Å². The summed E-state index contributed by atoms with van der Waals surface area (Å²) in [5, 5.41) is 13.3. The second-order valence-corrected chi connectivity index (χ2v) is 2.39. The van der Waals surface area contributed by atoms with Crippen LogP contribution in [-0.4, -0.2) is 28.6 Å². The average molecular weight is 156 g/mol. The van der Waals surface area contributed by atoms with Gasteiger partial charge in [0.15, 0.2) is 0 Å². The highest BCUT2D eigenvalue weighted by Crippen LogP contribution is 2.08. The first kappa shape index (κ1) is 8.23. The van der Waals surface area contributed by atoms with Gasteiger partial charge in [-0.15, -0.1) is 0 Å². The van der Waals surface area contributed by atoms with E-state index in [1.165, 1.54) is 0 Å². The zero-order valence-electron chi connectivity index (χ0n) is 6.69. The van der Waals surface area contributed by atoms with Gasteiger partial charge < -0.3 is 9.84 Å². The van der Waals surface area contributed by atoms with Crippen LogP contribution < -0.4 is 0 Å². The van der Waals surface area contributed by atoms with E-state index in [0.717, 1.165) is 0 Å². The molecule has 0 saturated carbocycles. The summed E-state index contributed by atoms with van der Waals surface area (Å²) in [7, 11) is 3.36. The molecule has 1 atom stereocenters. The van der Waals surface area contributed by atoms with Crippen molar-refractivity contribution in [1.29, 1.82) is 0 Å². The quantitative estimate of drug-likeness (QED) is 0.675. The Kier molecular flexibility index (Phi) is 2.62. The fraction of sp³-hybridized carbons (Fsp3) is 0.571. The number of aliphatic hydroxyl groups is 1. The molecule has 62 valence electrons. The summed E-state index contributed by atoms with van der Waals surface area (Å²) in [6.45, 7) is 0.289. The molecule has 0 saturated heterocycles. The summed E-state index contributed by atoms with van der Waals surface area (Å²) >= 11 is 0. The molecule has 1 unspecified atom stereocenters. The van der Waals surface area contributed by atoms with Gasteiger partial charge in [0.05, 0.1) is 12.3 Å². The third kappa shape index (κ3) is 2.03. The van der Waals surface area contributed by atoms with Crippen LogP contribution in [0.4, 0.5) is 0 Å². The van der Waals surface area contributed by atoms with Gasteiger partial charge in [-0.2, -0.15) is 5.10 Å². The number of ether oxygens (including phenoxy) is 1. The standard InChI is InChI=1S/C7H12N2O2/c1-9-4-3-6(8-9)7(10)5-11-2/h3-4,7,10H,5H2,1-2H3. The molecule has 0 amide bonds. The number of methoxy groups -OCH3 is 1. The smallest absolute Gasteiger partial charge is 0.121 e. The van der Waals surface area contributed by atoms with E-state index in [0.29, 0.717) is 5.69 Å². The van der Waals surface area contributed by atoms with Gasteiger partial charge in [0.2, 0.25) is 0 Å². The normalized spacial score (nSPS) is 13.4. The van der Waals surface area contributed by atoms with Gasteiger partial charge in [-0.1, -0.05) is 0 Å². The molecule has 1 aromatic heterocycles. The molecule has 0 radical (unpaired) electrons. The highest BCUT2D eigenvalue weighted by atomic mass is 16.5. The van der Waals surface area contributed by atoms with E-state index in [9.17, 15) is 5.11 Å². The fourth-order valence-corrected chi connectivity index (χ4v) is 0.854. The first-order valence-electron chi connectivity index (χ1n) is 3.40. The summed E-state index contributed by atoms with van der Waals surface area (Å²) in [6, 6.07) is 1.77. The second kappa shape index (κ2) is 3.50. The van der Waals surface area contributed by atoms with E-state index in [2.05, 4.69) is 5.10 Å². The Morgan fingerprint density at radius 1 is 1.82 bits per heavy atom. The van der Waals surface area contributed by atoms with Crippen molar-refractivity contribution in [2.24, 2.45) is 7.05 Å². The van der Waals surface area contributed by atoms with Crippen LogP contribution in [0.15, 0.2) is 12.3 Å². The average Bonchev–Trinajstić information content (AvgIpc) is 2.36. The highest BCUT2D eigenvalue weighted by molar-refractivity contribution is 5.02. The van der Waals surface area contributed by atoms with Gasteiger partial charge in [0.1, 0.15) is 6.10 Å². The Labute approximate surface area is 65.4 Å². The fourth-order valence-electron chi connectivity index (χ4n) is 0.854. The van der Waals surface area contributed by atoms with Gasteiger partial charge in [-0.05, 0) is 6.07 Å². The van der Waals surface area contributed by atoms with Crippen LogP contribution >= 0.6 is 0 Å². The monoisotopic (exact) mass is 156 g/mol. The number of aromatic nitrogens is 2. The Morgan fingerprint density at radius 3 is 3.00 bits per heavy atom. The van der Waals surface area contributed by atoms with Crippen LogP contribution in [0.25, 0.3) is 0 Å². The Morgan fingerprint density at radius 2 is 2.55 bits per heavy atom. The zero-order chi connectivity index (χ0) is 8.27. The molecular formula is C7H12N2O2. The van der Waals surface area contributed by atoms with E-state index < -0.39 is 6.10 Å². The lowest BCUT2D eigenvalue weighted by Gasteiger charge is -2.04. The van der Waals surface area contributed by atoms with E-state index in [1.807, 2.05) is 7.05 Å². The molecule has 0 spiro atoms. The van der Waals surface area contributed by atoms with Gasteiger partial charge in [-0.25, -0.2) is 0 Å². The lowest BCUT2D eigenvalue weighted by Crippen LogP contribution is -2.06. The molecule has 0 fully saturated rings. The van der Waals surface area contributed by atoms with Crippen LogP contribution in [0.2, 0.25) is 0 Å². The minimum atomic E-state index is -0.610. The van der Waals surface area contributed by atoms with Crippen molar-refractivity contribution in [3.63, 3.8) is 0 Å². The van der Waals surface area contributed by atoms with Crippen LogP contribution in [0.5, 0.6) is 0 Å². The molecule has 1 rings (SSSR count). The van der Waals surface area contributed by atoms with Crippen molar-refractivity contribution in [2.75, 3.05) is 13.7 Å². The summed E-state index contributed by atoms with van der Waals surface area (Å²) in [5.74, 6) is 0. The summed E-state index contributed by atoms with van der Waals surface area (Å²) < 4.78 is 6.42. The second-order valence-electron chi connectivity index (χ2n) is 2.39. The zero-order valence-corrected chi connectivity index (χ0v) is 6.69. The van der Waals surface area contributed by atoms with Crippen molar-refractivity contribution >= 4 is 0 Å². The molecule has 11 heavy (non-hydrogen) atoms. The van der Waals surface area contributed by atoms with Crippen LogP contribution in [0.1, 0.15) is 11.8 Å². The summed E-state index contributed by atoms with van der Waals surface area (Å²) in [6.07, 6.45) is 1.18. The maximum atomic E-state index is 9.33. The Bertz CT molecular complexity index is 222. The molecule has 4 nitrogen and oxygen atoms in total. The Hall–Kier alpha value is -0.870. The number of hydrogen-bond acceptors (Lipinski definition) is 3. The molecular weight excluding hydrogens is 144 g/mol. The number of aryl methyl sites for hydroxylation is 1. The van der Waals surface area contributed by atoms with Crippen molar-refractivity contribution in [3.8, 4) is 0 Å². The van der Waals surface area contributed by atoms with Crippen LogP contribution in [0, 0.1) is 0 Å². The molecule has 0 aliphatic carbocycles. The van der Waals surface area contributed by atoms with Gasteiger partial charge >= 0.3 is 0 Å². The first-order chi connectivity index (χ1) is 5.24. The van der Waals surface area contributed by atoms with Gasteiger partial charge in [0, 0.05) is 20.4 Å². The van der Waals surface area contributed by atoms with Crippen molar-refractivity contribution in [3.05, 3.63) is 18.0 Å². The maximum absolute atomic E-state index is 9.33. The first-order valence-corrected chi connectivity index (χ1v) is 3.40. The van der Waals surface area contributed by atoms with E-state index in [1.54, 1.807) is 24.1 Å². The number of hydrogen-bond donors (Lipinski definition) is 1. The van der Waals surface area contributed by atoms with Crippen molar-refractivity contribution in [2.45, 2.75) is 6.10 Å². The predicted molar refractivity (Wildman–Crippen MR) is 40.0 cm³/mol. The largest absolute Gasteiger partial charge is 0.384 e. The molecule has 0 aliphatic heterocycles. The number of rotatable bonds is 3. The molecule has 0 bridgehead atoms. The Balaban J connectivity index is 2.60. The number of aliphatic hydroxyl groups excluding tert-OH is 1. The van der Waals surface area contributed by atoms with Crippen molar-refractivity contribution in [1.82, 2.24) is 9.78 Å². The highest BCUT2D eigenvalue weighted by Gasteiger charge is 2.08. The molecule has 0 aromatic carbocycles. The molecule has 1 heterocycles. The van der Waals surface area contributed by atoms with E-state index in [4.69, 9.17) is 4.74 Å². The van der Waals surface area contributed by atoms with Gasteiger partial charge in [-0.3, -0.25) is 4.68 Å². The SMILES string of the molecule is COCC(O)c1ccn(C)n1. The molecule has 1 aromatic rings. The predicted octanol–water partition coefficient (Wildman–Crippen LogP) is 0.0999. The van der Waals surface area contributed by atoms with Crippen molar-refractivity contribution < 1.29 is 9.84 Å². The third-order valence-corrected chi connectivity index (χ3v) is 1.40. The molecule has 0 aliphatic rings. The topological polar surface area (TPSA) is 47.3 Å². The lowest BCUT2D eigenvalue weighted by atomic mass is 10.3. The van der Waals surface area contributed by atoms with Crippen LogP contribution in [0.3, 0.4) is 0 Å². The molecule has 4 heteroatoms. The maximum Gasteiger partial charge on any atom is 0.121 e. The van der Waals surface area contributed by atoms with Crippen LogP contribution in [-0.2, 0) is 11.8 Å². The number of nitrogens with zero attached hydrogens (tertiary/aromatic N) is 2. The van der Waals surface area contributed by atoms with E-state index in [-0.39, 0.29) is 6.61 Å². The minimum absolute atomic E-state index is 0.289. The lowest BCUT2D eigenvalue weighted by molar-refractivity contribution is 0.0614.